The predicted octanol–water partition coefficient (Wildman–Crippen LogP) is -1.45. The highest BCUT2D eigenvalue weighted by atomic mass is 31.3. The van der Waals surface area contributed by atoms with Gasteiger partial charge in [0.15, 0.2) is 6.23 Å². The summed E-state index contributed by atoms with van der Waals surface area (Å²) in [5, 5.41) is 28.7. The number of nitrogen functional groups attached to an aromatic ring is 1. The average molecular weight is 606 g/mol. The number of aliphatic hydroxyl groups excluding tert-OH is 2. The largest absolute Gasteiger partial charge is 0.490 e. The van der Waals surface area contributed by atoms with Gasteiger partial charge in [-0.1, -0.05) is 5.21 Å². The number of rotatable bonds is 11. The second-order valence-corrected chi connectivity index (χ2v) is 12.7. The molecule has 0 amide bonds. The van der Waals surface area contributed by atoms with Crippen LogP contribution in [0.2, 0.25) is 0 Å². The lowest BCUT2D eigenvalue weighted by Gasteiger charge is -2.19. The maximum atomic E-state index is 12.5. The molecule has 0 aliphatic carbocycles. The van der Waals surface area contributed by atoms with Gasteiger partial charge >= 0.3 is 29.2 Å². The van der Waals surface area contributed by atoms with E-state index < -0.39 is 60.3 Å². The zero-order valence-corrected chi connectivity index (χ0v) is 22.2. The molecule has 1 aliphatic rings. The van der Waals surface area contributed by atoms with Crippen molar-refractivity contribution in [1.29, 1.82) is 0 Å². The Morgan fingerprint density at radius 1 is 1.08 bits per heavy atom. The molecule has 3 rings (SSSR count). The maximum absolute atomic E-state index is 12.5. The molecule has 0 spiro atoms. The fourth-order valence-corrected chi connectivity index (χ4v) is 6.28. The van der Waals surface area contributed by atoms with Gasteiger partial charge in [-0.05, 0) is 13.8 Å². The second-order valence-electron chi connectivity index (χ2n) is 8.23. The minimum Gasteiger partial charge on any atom is -0.387 e. The number of aliphatic hydroxyl groups is 2. The van der Waals surface area contributed by atoms with Gasteiger partial charge in [0.05, 0.1) is 12.3 Å². The number of nitrogens with zero attached hydrogens (tertiary/aromatic N) is 5. The summed E-state index contributed by atoms with van der Waals surface area (Å²) in [5.41, 5.74) is 5.66. The first kappa shape index (κ1) is 30.6. The Morgan fingerprint density at radius 2 is 1.74 bits per heavy atom. The number of ether oxygens (including phenoxy) is 1. The first-order chi connectivity index (χ1) is 17.4. The van der Waals surface area contributed by atoms with E-state index in [2.05, 4.69) is 28.4 Å². The molecule has 3 heterocycles. The molecule has 1 aliphatic heterocycles. The van der Waals surface area contributed by atoms with Gasteiger partial charge in [-0.3, -0.25) is 9.09 Å². The van der Waals surface area contributed by atoms with Crippen LogP contribution in [0.5, 0.6) is 0 Å². The Labute approximate surface area is 213 Å². The molecule has 8 N–H and O–H groups in total. The molecular formula is C15H25N6O14P3. The van der Waals surface area contributed by atoms with E-state index >= 15 is 0 Å². The topological polar surface area (TPSA) is 301 Å². The van der Waals surface area contributed by atoms with Crippen LogP contribution >= 0.6 is 23.5 Å². The minimum atomic E-state index is -5.76. The van der Waals surface area contributed by atoms with Crippen molar-refractivity contribution in [2.45, 2.75) is 50.8 Å². The molecule has 23 heteroatoms. The highest BCUT2D eigenvalue weighted by Crippen LogP contribution is 2.66. The standard InChI is InChI=1S/C15H25N6O14P3/c1-7(2)21-5-9(18-19-21)3-8-4-20(15(24)17-13(8)16)14-12(23)11(22)10(33-14)6-32-37(28,29)35-38(30,31)34-36(25,26)27/h4-5,7,10-12,14,22-23H,3,6H2,1-2H3,(H,28,29)(H,30,31)(H2,16,17,24)(H2,25,26,27)/t10-,11?,12+,14-/m1/s1. The quantitative estimate of drug-likeness (QED) is 0.144. The Morgan fingerprint density at radius 3 is 2.32 bits per heavy atom. The SMILES string of the molecule is CC(C)n1cc(Cc2cn([C@@H]3O[C@H](COP(=O)(O)OP(=O)(O)OP(=O)(O)O)C(O)[C@@H]3O)c(=O)nc2N)nn1. The van der Waals surface area contributed by atoms with Crippen LogP contribution in [0.15, 0.2) is 17.2 Å². The highest BCUT2D eigenvalue weighted by molar-refractivity contribution is 7.66. The number of nitrogens with two attached hydrogens (primary N) is 1. The Balaban J connectivity index is 1.73. The Bertz CT molecular complexity index is 1360. The van der Waals surface area contributed by atoms with Gasteiger partial charge in [-0.25, -0.2) is 23.2 Å². The van der Waals surface area contributed by atoms with Gasteiger partial charge in [0.25, 0.3) is 0 Å². The average Bonchev–Trinajstić information content (AvgIpc) is 3.32. The van der Waals surface area contributed by atoms with E-state index in [-0.39, 0.29) is 18.3 Å². The van der Waals surface area contributed by atoms with Gasteiger partial charge in [-0.15, -0.1) is 5.10 Å². The van der Waals surface area contributed by atoms with Gasteiger partial charge in [0, 0.05) is 30.4 Å². The van der Waals surface area contributed by atoms with Gasteiger partial charge in [0.1, 0.15) is 24.1 Å². The third-order valence-corrected chi connectivity index (χ3v) is 8.75. The van der Waals surface area contributed by atoms with Crippen LogP contribution in [-0.4, -0.2) is 79.3 Å². The molecule has 0 radical (unpaired) electrons. The van der Waals surface area contributed by atoms with Crippen LogP contribution in [0, 0.1) is 0 Å². The molecule has 0 bridgehead atoms. The first-order valence-corrected chi connectivity index (χ1v) is 15.0. The van der Waals surface area contributed by atoms with Gasteiger partial charge in [0.2, 0.25) is 0 Å². The van der Waals surface area contributed by atoms with Crippen LogP contribution in [0.3, 0.4) is 0 Å². The third-order valence-electron chi connectivity index (χ3n) is 4.95. The van der Waals surface area contributed by atoms with Crippen molar-refractivity contribution in [3.05, 3.63) is 34.1 Å². The molecule has 1 fully saturated rings. The van der Waals surface area contributed by atoms with Crippen molar-refractivity contribution in [2.24, 2.45) is 0 Å². The fraction of sp³-hybridized carbons (Fsp3) is 0.600. The molecule has 1 saturated heterocycles. The fourth-order valence-electron chi connectivity index (χ4n) is 3.25. The van der Waals surface area contributed by atoms with Crippen LogP contribution in [0.4, 0.5) is 5.82 Å². The molecule has 0 aromatic carbocycles. The summed E-state index contributed by atoms with van der Waals surface area (Å²) in [4.78, 5) is 52.0. The first-order valence-electron chi connectivity index (χ1n) is 10.5. The minimum absolute atomic E-state index is 0.0332. The number of hydrogen-bond donors (Lipinski definition) is 7. The lowest BCUT2D eigenvalue weighted by atomic mass is 10.1. The molecule has 3 unspecified atom stereocenters. The molecule has 6 atom stereocenters. The predicted molar refractivity (Wildman–Crippen MR) is 122 cm³/mol. The lowest BCUT2D eigenvalue weighted by Crippen LogP contribution is -2.36. The van der Waals surface area contributed by atoms with E-state index in [9.17, 15) is 38.5 Å². The summed E-state index contributed by atoms with van der Waals surface area (Å²) in [6.07, 6.45) is -3.82. The Kier molecular flexibility index (Phi) is 9.12. The third kappa shape index (κ3) is 7.83. The van der Waals surface area contributed by atoms with E-state index in [1.165, 1.54) is 6.20 Å². The summed E-state index contributed by atoms with van der Waals surface area (Å²) in [6.45, 7) is 2.72. The smallest absolute Gasteiger partial charge is 0.387 e. The van der Waals surface area contributed by atoms with Gasteiger partial charge < -0.3 is 40.3 Å². The van der Waals surface area contributed by atoms with Crippen molar-refractivity contribution in [2.75, 3.05) is 12.3 Å². The maximum Gasteiger partial charge on any atom is 0.490 e. The Hall–Kier alpha value is -1.89. The highest BCUT2D eigenvalue weighted by Gasteiger charge is 2.47. The van der Waals surface area contributed by atoms with Crippen molar-refractivity contribution < 1.29 is 61.4 Å². The number of aromatic nitrogens is 5. The molecule has 0 saturated carbocycles. The molecule has 38 heavy (non-hydrogen) atoms. The zero-order valence-electron chi connectivity index (χ0n) is 19.6. The van der Waals surface area contributed by atoms with Gasteiger partial charge in [-0.2, -0.15) is 13.6 Å². The number of phosphoric ester groups is 1. The van der Waals surface area contributed by atoms with Crippen LogP contribution in [0.25, 0.3) is 0 Å². The van der Waals surface area contributed by atoms with Crippen molar-refractivity contribution in [3.8, 4) is 0 Å². The zero-order chi connectivity index (χ0) is 28.6. The monoisotopic (exact) mass is 606 g/mol. The van der Waals surface area contributed by atoms with E-state index in [0.29, 0.717) is 11.3 Å². The second kappa shape index (κ2) is 11.3. The van der Waals surface area contributed by atoms with Crippen LogP contribution in [0.1, 0.15) is 37.4 Å². The van der Waals surface area contributed by atoms with Crippen molar-refractivity contribution >= 4 is 29.3 Å². The molecular weight excluding hydrogens is 581 g/mol. The summed E-state index contributed by atoms with van der Waals surface area (Å²) in [5.74, 6) is -0.136. The molecule has 2 aromatic heterocycles. The van der Waals surface area contributed by atoms with E-state index in [1.807, 2.05) is 13.8 Å². The summed E-state index contributed by atoms with van der Waals surface area (Å²) < 4.78 is 53.4. The summed E-state index contributed by atoms with van der Waals surface area (Å²) in [7, 11) is -16.9. The molecule has 2 aromatic rings. The number of phosphoric acid groups is 3. The van der Waals surface area contributed by atoms with E-state index in [4.69, 9.17) is 20.3 Å². The van der Waals surface area contributed by atoms with E-state index in [0.717, 1.165) is 4.57 Å². The summed E-state index contributed by atoms with van der Waals surface area (Å²) in [6, 6.07) is 0.0332. The number of anilines is 1. The number of hydrogen-bond acceptors (Lipinski definition) is 14. The van der Waals surface area contributed by atoms with Crippen molar-refractivity contribution in [3.63, 3.8) is 0 Å². The molecule has 20 nitrogen and oxygen atoms in total. The van der Waals surface area contributed by atoms with Crippen LogP contribution in [-0.2, 0) is 38.0 Å². The van der Waals surface area contributed by atoms with Crippen LogP contribution < -0.4 is 11.4 Å². The van der Waals surface area contributed by atoms with E-state index in [1.54, 1.807) is 10.9 Å². The summed E-state index contributed by atoms with van der Waals surface area (Å²) >= 11 is 0. The normalized spacial score (nSPS) is 25.4. The molecule has 214 valence electrons. The lowest BCUT2D eigenvalue weighted by molar-refractivity contribution is -0.0542. The van der Waals surface area contributed by atoms with Crippen molar-refractivity contribution in [1.82, 2.24) is 24.5 Å².